The second-order valence-corrected chi connectivity index (χ2v) is 15.6. The van der Waals surface area contributed by atoms with Crippen LogP contribution in [-0.4, -0.2) is 44.1 Å². The largest absolute Gasteiger partial charge is 0.405 e. The third kappa shape index (κ3) is 7.09. The van der Waals surface area contributed by atoms with Crippen molar-refractivity contribution in [3.05, 3.63) is 60.7 Å². The molecule has 0 aliphatic carbocycles. The first-order chi connectivity index (χ1) is 17.1. The van der Waals surface area contributed by atoms with Gasteiger partial charge in [0.25, 0.3) is 8.32 Å². The van der Waals surface area contributed by atoms with Crippen molar-refractivity contribution >= 4 is 18.7 Å². The highest BCUT2D eigenvalue weighted by molar-refractivity contribution is 6.99. The molecule has 0 amide bonds. The zero-order chi connectivity index (χ0) is 26.2. The minimum Gasteiger partial charge on any atom is -0.405 e. The first-order valence-electron chi connectivity index (χ1n) is 13.3. The maximum atomic E-state index is 9.04. The first-order valence-corrected chi connectivity index (χ1v) is 15.2. The number of benzene rings is 2. The van der Waals surface area contributed by atoms with Crippen molar-refractivity contribution in [3.8, 4) is 11.8 Å². The molecule has 196 valence electrons. The van der Waals surface area contributed by atoms with E-state index in [1.807, 2.05) is 13.8 Å². The molecule has 4 nitrogen and oxygen atoms in total. The van der Waals surface area contributed by atoms with Crippen LogP contribution in [0.1, 0.15) is 73.6 Å². The van der Waals surface area contributed by atoms with Gasteiger partial charge in [-0.1, -0.05) is 113 Å². The van der Waals surface area contributed by atoms with E-state index in [0.29, 0.717) is 0 Å². The van der Waals surface area contributed by atoms with Crippen LogP contribution in [-0.2, 0) is 13.9 Å². The molecule has 0 radical (unpaired) electrons. The molecule has 0 unspecified atom stereocenters. The van der Waals surface area contributed by atoms with E-state index in [0.717, 1.165) is 32.1 Å². The van der Waals surface area contributed by atoms with Gasteiger partial charge in [-0.25, -0.2) is 0 Å². The smallest absolute Gasteiger partial charge is 0.261 e. The predicted molar refractivity (Wildman–Crippen MR) is 150 cm³/mol. The number of hydrogen-bond acceptors (Lipinski definition) is 4. The molecule has 1 saturated heterocycles. The van der Waals surface area contributed by atoms with Crippen LogP contribution in [0.5, 0.6) is 0 Å². The molecule has 2 aromatic rings. The van der Waals surface area contributed by atoms with Crippen molar-refractivity contribution in [1.29, 1.82) is 0 Å². The van der Waals surface area contributed by atoms with Crippen molar-refractivity contribution in [2.75, 3.05) is 6.61 Å². The molecular formula is C31H44O4Si. The molecule has 0 spiro atoms. The van der Waals surface area contributed by atoms with E-state index < -0.39 is 14.1 Å². The van der Waals surface area contributed by atoms with Crippen molar-refractivity contribution in [3.63, 3.8) is 0 Å². The van der Waals surface area contributed by atoms with Gasteiger partial charge in [-0.15, -0.1) is 0 Å². The van der Waals surface area contributed by atoms with Crippen molar-refractivity contribution in [2.24, 2.45) is 0 Å². The molecule has 2 aromatic carbocycles. The molecule has 3 atom stereocenters. The first kappa shape index (κ1) is 28.6. The Labute approximate surface area is 219 Å². The number of ether oxygens (including phenoxy) is 2. The van der Waals surface area contributed by atoms with E-state index in [1.165, 1.54) is 10.4 Å². The lowest BCUT2D eigenvalue weighted by atomic mass is 10.0. The molecule has 1 heterocycles. The van der Waals surface area contributed by atoms with Gasteiger partial charge in [-0.2, -0.15) is 0 Å². The Morgan fingerprint density at radius 2 is 1.53 bits per heavy atom. The lowest BCUT2D eigenvalue weighted by Gasteiger charge is -2.44. The molecule has 1 aliphatic rings. The number of aliphatic hydroxyl groups is 1. The molecule has 5 heteroatoms. The van der Waals surface area contributed by atoms with Gasteiger partial charge in [0.05, 0.1) is 6.10 Å². The molecule has 1 aliphatic heterocycles. The quantitative estimate of drug-likeness (QED) is 0.265. The lowest BCUT2D eigenvalue weighted by molar-refractivity contribution is -0.143. The summed E-state index contributed by atoms with van der Waals surface area (Å²) in [5.41, 5.74) is 0. The van der Waals surface area contributed by atoms with Crippen LogP contribution in [0, 0.1) is 11.8 Å². The van der Waals surface area contributed by atoms with Crippen LogP contribution in [0.4, 0.5) is 0 Å². The molecular weight excluding hydrogens is 464 g/mol. The summed E-state index contributed by atoms with van der Waals surface area (Å²) in [6, 6.07) is 21.7. The number of unbranched alkanes of at least 4 members (excludes halogenated alkanes) is 2. The molecule has 1 N–H and O–H groups in total. The topological polar surface area (TPSA) is 47.9 Å². The van der Waals surface area contributed by atoms with Gasteiger partial charge >= 0.3 is 0 Å². The Balaban J connectivity index is 1.63. The molecule has 36 heavy (non-hydrogen) atoms. The Morgan fingerprint density at radius 3 is 2.06 bits per heavy atom. The maximum absolute atomic E-state index is 9.04. The highest BCUT2D eigenvalue weighted by atomic mass is 28.4. The van der Waals surface area contributed by atoms with Gasteiger partial charge in [0.15, 0.2) is 5.79 Å². The average Bonchev–Trinajstić information content (AvgIpc) is 3.14. The van der Waals surface area contributed by atoms with Gasteiger partial charge in [-0.05, 0) is 49.0 Å². The summed E-state index contributed by atoms with van der Waals surface area (Å²) in [6.45, 7) is 12.9. The van der Waals surface area contributed by atoms with Crippen LogP contribution < -0.4 is 10.4 Å². The highest BCUT2D eigenvalue weighted by Crippen LogP contribution is 2.38. The van der Waals surface area contributed by atoms with Crippen LogP contribution in [0.2, 0.25) is 5.04 Å². The van der Waals surface area contributed by atoms with E-state index in [2.05, 4.69) is 100 Å². The van der Waals surface area contributed by atoms with Gasteiger partial charge in [0, 0.05) is 6.10 Å². The van der Waals surface area contributed by atoms with Crippen molar-refractivity contribution in [1.82, 2.24) is 0 Å². The van der Waals surface area contributed by atoms with Crippen molar-refractivity contribution in [2.45, 2.75) is 103 Å². The third-order valence-electron chi connectivity index (χ3n) is 6.90. The molecule has 0 saturated carbocycles. The monoisotopic (exact) mass is 508 g/mol. The summed E-state index contributed by atoms with van der Waals surface area (Å²) in [5.74, 6) is 5.10. The Hall–Kier alpha value is -1.94. The predicted octanol–water partition coefficient (Wildman–Crippen LogP) is 5.42. The fourth-order valence-corrected chi connectivity index (χ4v) is 10.1. The zero-order valence-corrected chi connectivity index (χ0v) is 23.9. The van der Waals surface area contributed by atoms with E-state index in [1.54, 1.807) is 0 Å². The summed E-state index contributed by atoms with van der Waals surface area (Å²) >= 11 is 0. The second-order valence-electron chi connectivity index (χ2n) is 11.3. The average molecular weight is 509 g/mol. The van der Waals surface area contributed by atoms with E-state index in [4.69, 9.17) is 19.0 Å². The van der Waals surface area contributed by atoms with Gasteiger partial charge < -0.3 is 19.0 Å². The minimum atomic E-state index is -2.51. The standard InChI is InChI=1S/C31H44O4Si/c1-25(17-10-7-15-22-28-29(23-16-24-32)34-31(5,6)33-28)35-36(30(2,3)4,26-18-11-8-12-19-26)27-20-13-9-14-21-27/h8-9,11-14,18-21,25,28-29,32H,7,10,15,17,22,24H2,1-6H3/t25-,28+,29+/m1/s1. The minimum absolute atomic E-state index is 0.0127. The van der Waals surface area contributed by atoms with E-state index in [9.17, 15) is 0 Å². The molecule has 3 rings (SSSR count). The fourth-order valence-electron chi connectivity index (χ4n) is 5.32. The number of aliphatic hydroxyl groups excluding tert-OH is 1. The van der Waals surface area contributed by atoms with Crippen LogP contribution in [0.15, 0.2) is 60.7 Å². The summed E-state index contributed by atoms with van der Waals surface area (Å²) < 4.78 is 19.2. The fraction of sp³-hybridized carbons (Fsp3) is 0.548. The van der Waals surface area contributed by atoms with Gasteiger partial charge in [-0.3, -0.25) is 0 Å². The van der Waals surface area contributed by atoms with Crippen LogP contribution in [0.3, 0.4) is 0 Å². The summed E-state index contributed by atoms with van der Waals surface area (Å²) in [7, 11) is -2.51. The Bertz CT molecular complexity index is 948. The SMILES string of the molecule is C[C@H](CCCCC[C@@H]1OC(C)(C)O[C@H]1C#CCO)O[Si](c1ccccc1)(c1ccccc1)C(C)(C)C. The normalized spacial score (nSPS) is 20.5. The lowest BCUT2D eigenvalue weighted by Crippen LogP contribution is -2.67. The zero-order valence-electron chi connectivity index (χ0n) is 22.9. The third-order valence-corrected chi connectivity index (χ3v) is 12.1. The van der Waals surface area contributed by atoms with Crippen LogP contribution >= 0.6 is 0 Å². The summed E-state index contributed by atoms with van der Waals surface area (Å²) in [4.78, 5) is 0. The number of hydrogen-bond donors (Lipinski definition) is 1. The summed E-state index contributed by atoms with van der Waals surface area (Å²) in [5, 5.41) is 11.7. The van der Waals surface area contributed by atoms with Gasteiger partial charge in [0.1, 0.15) is 12.7 Å². The highest BCUT2D eigenvalue weighted by Gasteiger charge is 2.50. The second kappa shape index (κ2) is 12.5. The molecule has 0 aromatic heterocycles. The molecule has 0 bridgehead atoms. The maximum Gasteiger partial charge on any atom is 0.261 e. The van der Waals surface area contributed by atoms with Gasteiger partial charge in [0.2, 0.25) is 0 Å². The summed E-state index contributed by atoms with van der Waals surface area (Å²) in [6.07, 6.45) is 5.01. The Kier molecular flexibility index (Phi) is 9.97. The molecule has 1 fully saturated rings. The van der Waals surface area contributed by atoms with Crippen molar-refractivity contribution < 1.29 is 19.0 Å². The van der Waals surface area contributed by atoms with Crippen LogP contribution in [0.25, 0.3) is 0 Å². The number of rotatable bonds is 10. The van der Waals surface area contributed by atoms with E-state index in [-0.39, 0.29) is 30.0 Å². The Morgan fingerprint density at radius 1 is 0.944 bits per heavy atom. The van der Waals surface area contributed by atoms with E-state index >= 15 is 0 Å².